The molecule has 0 saturated carbocycles. The third-order valence-corrected chi connectivity index (χ3v) is 5.76. The minimum absolute atomic E-state index is 0.297. The smallest absolute Gasteiger partial charge is 0.0562 e. The Hall–Kier alpha value is -0.250. The van der Waals surface area contributed by atoms with Gasteiger partial charge in [-0.25, -0.2) is 0 Å². The molecule has 0 aromatic heterocycles. The lowest BCUT2D eigenvalue weighted by Crippen LogP contribution is -2.26. The van der Waals surface area contributed by atoms with Gasteiger partial charge in [0.2, 0.25) is 0 Å². The van der Waals surface area contributed by atoms with Crippen LogP contribution in [0.4, 0.5) is 0 Å². The maximum Gasteiger partial charge on any atom is 0.0562 e. The number of unbranched alkanes of at least 4 members (excludes halogenated alkanes) is 9. The molecule has 0 heterocycles. The first-order chi connectivity index (χ1) is 12.7. The Balaban J connectivity index is 3.29. The fourth-order valence-corrected chi connectivity index (χ4v) is 4.12. The van der Waals surface area contributed by atoms with Crippen molar-refractivity contribution < 1.29 is 5.11 Å². The molecule has 3 heteroatoms. The number of thioether (sulfide) groups is 1. The molecule has 0 rings (SSSR count). The van der Waals surface area contributed by atoms with Gasteiger partial charge in [0, 0.05) is 11.8 Å². The van der Waals surface area contributed by atoms with Gasteiger partial charge in [-0.05, 0) is 58.4 Å². The highest BCUT2D eigenvalue weighted by Gasteiger charge is 2.08. The van der Waals surface area contributed by atoms with Crippen LogP contribution in [0.25, 0.3) is 0 Å². The average Bonchev–Trinajstić information content (AvgIpc) is 2.63. The average molecular weight is 384 g/mol. The zero-order chi connectivity index (χ0) is 19.3. The molecule has 0 aromatic carbocycles. The number of nitrogens with zero attached hydrogens (tertiary/aromatic N) is 1. The summed E-state index contributed by atoms with van der Waals surface area (Å²) in [7, 11) is 4.15. The van der Waals surface area contributed by atoms with Crippen LogP contribution in [-0.2, 0) is 0 Å². The first-order valence-electron chi connectivity index (χ1n) is 10.9. The van der Waals surface area contributed by atoms with Crippen molar-refractivity contribution in [2.45, 2.75) is 89.2 Å². The normalized spacial score (nSPS) is 13.4. The van der Waals surface area contributed by atoms with Crippen LogP contribution < -0.4 is 0 Å². The Morgan fingerprint density at radius 1 is 0.808 bits per heavy atom. The molecule has 0 aromatic rings. The summed E-state index contributed by atoms with van der Waals surface area (Å²) >= 11 is 1.93. The van der Waals surface area contributed by atoms with E-state index < -0.39 is 0 Å². The third kappa shape index (κ3) is 20.1. The molecule has 26 heavy (non-hydrogen) atoms. The topological polar surface area (TPSA) is 23.5 Å². The Labute approximate surface area is 168 Å². The molecule has 154 valence electrons. The van der Waals surface area contributed by atoms with Crippen LogP contribution in [0.15, 0.2) is 24.3 Å². The molecule has 0 spiro atoms. The monoisotopic (exact) mass is 383 g/mol. The molecule has 1 atom stereocenters. The molecular formula is C23H45NOS. The van der Waals surface area contributed by atoms with Gasteiger partial charge in [0.25, 0.3) is 0 Å². The van der Waals surface area contributed by atoms with Crippen LogP contribution >= 0.6 is 11.8 Å². The van der Waals surface area contributed by atoms with Gasteiger partial charge < -0.3 is 10.0 Å². The van der Waals surface area contributed by atoms with Crippen molar-refractivity contribution in [1.29, 1.82) is 0 Å². The van der Waals surface area contributed by atoms with Crippen LogP contribution in [0.2, 0.25) is 0 Å². The molecule has 0 saturated heterocycles. The van der Waals surface area contributed by atoms with Crippen molar-refractivity contribution in [1.82, 2.24) is 4.90 Å². The summed E-state index contributed by atoms with van der Waals surface area (Å²) in [6, 6.07) is 0. The summed E-state index contributed by atoms with van der Waals surface area (Å²) in [5.41, 5.74) is 0. The molecule has 0 amide bonds. The first kappa shape index (κ1) is 25.8. The summed E-state index contributed by atoms with van der Waals surface area (Å²) in [4.78, 5) is 2.16. The van der Waals surface area contributed by atoms with Gasteiger partial charge in [-0.1, -0.05) is 69.8 Å². The fourth-order valence-electron chi connectivity index (χ4n) is 2.91. The highest BCUT2D eigenvalue weighted by molar-refractivity contribution is 7.99. The number of aliphatic hydroxyl groups excluding tert-OH is 1. The SMILES string of the molecule is CCCCC/C=C\C/C=C\CCCCCCCCSC(CO)CN(C)C. The van der Waals surface area contributed by atoms with E-state index in [4.69, 9.17) is 0 Å². The minimum atomic E-state index is 0.297. The summed E-state index contributed by atoms with van der Waals surface area (Å²) in [6.45, 7) is 3.53. The summed E-state index contributed by atoms with van der Waals surface area (Å²) in [5, 5.41) is 9.73. The molecule has 0 aliphatic heterocycles. The number of aliphatic hydroxyl groups is 1. The molecule has 0 bridgehead atoms. The third-order valence-electron chi connectivity index (χ3n) is 4.47. The lowest BCUT2D eigenvalue weighted by Gasteiger charge is -2.18. The summed E-state index contributed by atoms with van der Waals surface area (Å²) < 4.78 is 0. The van der Waals surface area contributed by atoms with Crippen LogP contribution in [-0.4, -0.2) is 48.3 Å². The lowest BCUT2D eigenvalue weighted by atomic mass is 10.1. The van der Waals surface area contributed by atoms with Crippen molar-refractivity contribution >= 4 is 11.8 Å². The van der Waals surface area contributed by atoms with E-state index in [0.29, 0.717) is 11.9 Å². The lowest BCUT2D eigenvalue weighted by molar-refractivity contribution is 0.269. The van der Waals surface area contributed by atoms with E-state index in [1.165, 1.54) is 76.4 Å². The van der Waals surface area contributed by atoms with E-state index in [-0.39, 0.29) is 0 Å². The van der Waals surface area contributed by atoms with E-state index in [1.807, 2.05) is 11.8 Å². The fraction of sp³-hybridized carbons (Fsp3) is 0.826. The number of rotatable bonds is 19. The second-order valence-electron chi connectivity index (χ2n) is 7.52. The zero-order valence-electron chi connectivity index (χ0n) is 17.8. The van der Waals surface area contributed by atoms with E-state index in [2.05, 4.69) is 50.2 Å². The van der Waals surface area contributed by atoms with Gasteiger partial charge in [-0.3, -0.25) is 0 Å². The maximum absolute atomic E-state index is 9.35. The van der Waals surface area contributed by atoms with E-state index in [9.17, 15) is 5.11 Å². The Kier molecular flexibility index (Phi) is 20.9. The highest BCUT2D eigenvalue weighted by atomic mass is 32.2. The molecule has 0 fully saturated rings. The van der Waals surface area contributed by atoms with Crippen LogP contribution in [0, 0.1) is 0 Å². The van der Waals surface area contributed by atoms with E-state index in [0.717, 1.165) is 13.0 Å². The Morgan fingerprint density at radius 2 is 1.38 bits per heavy atom. The van der Waals surface area contributed by atoms with Gasteiger partial charge in [0.1, 0.15) is 0 Å². The predicted molar refractivity (Wildman–Crippen MR) is 121 cm³/mol. The standard InChI is InChI=1S/C23H45NOS/c1-4-5-6-7-8-9-10-11-12-13-14-15-16-17-18-19-20-26-23(22-25)21-24(2)3/h8-9,11-12,23,25H,4-7,10,13-22H2,1-3H3/b9-8-,12-11-. The van der Waals surface area contributed by atoms with Gasteiger partial charge in [-0.2, -0.15) is 11.8 Å². The Morgan fingerprint density at radius 3 is 1.96 bits per heavy atom. The van der Waals surface area contributed by atoms with Crippen LogP contribution in [0.1, 0.15) is 84.0 Å². The molecule has 1 N–H and O–H groups in total. The quantitative estimate of drug-likeness (QED) is 0.205. The zero-order valence-corrected chi connectivity index (χ0v) is 18.6. The van der Waals surface area contributed by atoms with Gasteiger partial charge >= 0.3 is 0 Å². The van der Waals surface area contributed by atoms with E-state index in [1.54, 1.807) is 0 Å². The predicted octanol–water partition coefficient (Wildman–Crippen LogP) is 6.46. The van der Waals surface area contributed by atoms with Gasteiger partial charge in [-0.15, -0.1) is 0 Å². The maximum atomic E-state index is 9.35. The largest absolute Gasteiger partial charge is 0.395 e. The molecule has 0 radical (unpaired) electrons. The molecular weight excluding hydrogens is 338 g/mol. The van der Waals surface area contributed by atoms with Crippen molar-refractivity contribution in [3.8, 4) is 0 Å². The van der Waals surface area contributed by atoms with Crippen molar-refractivity contribution in [2.24, 2.45) is 0 Å². The number of allylic oxidation sites excluding steroid dienone is 4. The summed E-state index contributed by atoms with van der Waals surface area (Å²) in [6.07, 6.45) is 25.0. The Bertz CT molecular complexity index is 328. The van der Waals surface area contributed by atoms with Crippen molar-refractivity contribution in [3.05, 3.63) is 24.3 Å². The highest BCUT2D eigenvalue weighted by Crippen LogP contribution is 2.15. The van der Waals surface area contributed by atoms with Crippen LogP contribution in [0.5, 0.6) is 0 Å². The molecule has 2 nitrogen and oxygen atoms in total. The van der Waals surface area contributed by atoms with E-state index >= 15 is 0 Å². The number of hydrogen-bond acceptors (Lipinski definition) is 3. The van der Waals surface area contributed by atoms with Crippen molar-refractivity contribution in [3.63, 3.8) is 0 Å². The second kappa shape index (κ2) is 21.1. The number of hydrogen-bond donors (Lipinski definition) is 1. The minimum Gasteiger partial charge on any atom is -0.395 e. The van der Waals surface area contributed by atoms with Crippen molar-refractivity contribution in [2.75, 3.05) is 33.0 Å². The molecule has 0 aliphatic carbocycles. The molecule has 1 unspecified atom stereocenters. The summed E-state index contributed by atoms with van der Waals surface area (Å²) in [5.74, 6) is 1.19. The molecule has 0 aliphatic rings. The van der Waals surface area contributed by atoms with Gasteiger partial charge in [0.15, 0.2) is 0 Å². The second-order valence-corrected chi connectivity index (χ2v) is 8.93. The first-order valence-corrected chi connectivity index (χ1v) is 11.9. The van der Waals surface area contributed by atoms with Crippen LogP contribution in [0.3, 0.4) is 0 Å². The van der Waals surface area contributed by atoms with Gasteiger partial charge in [0.05, 0.1) is 6.61 Å².